The Bertz CT molecular complexity index is 870. The first-order valence-corrected chi connectivity index (χ1v) is 7.87. The number of rotatable bonds is 3. The van der Waals surface area contributed by atoms with Crippen LogP contribution in [-0.4, -0.2) is 36.4 Å². The lowest BCUT2D eigenvalue weighted by Gasteiger charge is -2.19. The van der Waals surface area contributed by atoms with Gasteiger partial charge < -0.3 is 14.7 Å². The van der Waals surface area contributed by atoms with Gasteiger partial charge in [0.2, 0.25) is 0 Å². The summed E-state index contributed by atoms with van der Waals surface area (Å²) in [6.07, 6.45) is -1.25. The number of amides is 2. The fraction of sp³-hybridized carbons (Fsp3) is 0.222. The van der Waals surface area contributed by atoms with Gasteiger partial charge in [-0.2, -0.15) is 0 Å². The van der Waals surface area contributed by atoms with Gasteiger partial charge in [-0.3, -0.25) is 9.69 Å². The van der Waals surface area contributed by atoms with E-state index in [1.165, 1.54) is 21.9 Å². The zero-order valence-corrected chi connectivity index (χ0v) is 13.2. The van der Waals surface area contributed by atoms with Gasteiger partial charge in [-0.05, 0) is 29.8 Å². The number of hydrogen-bond acceptors (Lipinski definition) is 4. The van der Waals surface area contributed by atoms with Crippen LogP contribution in [-0.2, 0) is 11.3 Å². The van der Waals surface area contributed by atoms with E-state index in [4.69, 9.17) is 9.84 Å². The van der Waals surface area contributed by atoms with E-state index in [0.717, 1.165) is 5.56 Å². The highest BCUT2D eigenvalue weighted by molar-refractivity contribution is 6.10. The molecule has 0 spiro atoms. The second-order valence-corrected chi connectivity index (χ2v) is 5.98. The van der Waals surface area contributed by atoms with Crippen LogP contribution in [0.4, 0.5) is 20.6 Å². The Kier molecular flexibility index (Phi) is 3.65. The molecule has 6 nitrogen and oxygen atoms in total. The molecule has 0 radical (unpaired) electrons. The number of fused-ring (bicyclic) bond motifs is 1. The highest BCUT2D eigenvalue weighted by atomic mass is 19.1. The van der Waals surface area contributed by atoms with E-state index in [9.17, 15) is 14.0 Å². The topological polar surface area (TPSA) is 70.1 Å². The van der Waals surface area contributed by atoms with E-state index in [2.05, 4.69) is 0 Å². The number of carbonyl (C=O) groups is 2. The first kappa shape index (κ1) is 15.6. The van der Waals surface area contributed by atoms with Crippen LogP contribution in [0.1, 0.15) is 15.9 Å². The molecule has 0 saturated carbocycles. The van der Waals surface area contributed by atoms with Gasteiger partial charge >= 0.3 is 6.09 Å². The second-order valence-electron chi connectivity index (χ2n) is 5.98. The lowest BCUT2D eigenvalue weighted by Crippen LogP contribution is -2.27. The molecule has 1 fully saturated rings. The minimum absolute atomic E-state index is 0.155. The van der Waals surface area contributed by atoms with E-state index in [-0.39, 0.29) is 24.7 Å². The Balaban J connectivity index is 1.62. The van der Waals surface area contributed by atoms with Crippen LogP contribution in [0.5, 0.6) is 0 Å². The van der Waals surface area contributed by atoms with Gasteiger partial charge in [0.1, 0.15) is 11.9 Å². The zero-order chi connectivity index (χ0) is 17.6. The average Bonchev–Trinajstić information content (AvgIpc) is 3.15. The van der Waals surface area contributed by atoms with E-state index in [1.807, 2.05) is 12.1 Å². The number of nitrogens with zero attached hydrogens (tertiary/aromatic N) is 2. The summed E-state index contributed by atoms with van der Waals surface area (Å²) in [6, 6.07) is 11.4. The van der Waals surface area contributed by atoms with E-state index < -0.39 is 18.0 Å². The third kappa shape index (κ3) is 2.53. The molecule has 0 bridgehead atoms. The molecular weight excluding hydrogens is 327 g/mol. The van der Waals surface area contributed by atoms with Crippen molar-refractivity contribution in [2.75, 3.05) is 23.0 Å². The van der Waals surface area contributed by atoms with Gasteiger partial charge in [0.05, 0.1) is 31.1 Å². The number of aliphatic hydroxyl groups is 1. The molecule has 1 atom stereocenters. The highest BCUT2D eigenvalue weighted by Gasteiger charge is 2.33. The molecule has 1 saturated heterocycles. The predicted octanol–water partition coefficient (Wildman–Crippen LogP) is 2.30. The quantitative estimate of drug-likeness (QED) is 0.929. The summed E-state index contributed by atoms with van der Waals surface area (Å²) >= 11 is 0. The Morgan fingerprint density at radius 2 is 1.96 bits per heavy atom. The molecule has 0 aliphatic carbocycles. The molecule has 0 unspecified atom stereocenters. The predicted molar refractivity (Wildman–Crippen MR) is 88.1 cm³/mol. The molecule has 2 aliphatic rings. The summed E-state index contributed by atoms with van der Waals surface area (Å²) in [4.78, 5) is 26.9. The van der Waals surface area contributed by atoms with Gasteiger partial charge in [-0.25, -0.2) is 9.18 Å². The van der Waals surface area contributed by atoms with E-state index >= 15 is 0 Å². The smallest absolute Gasteiger partial charge is 0.414 e. The lowest BCUT2D eigenvalue weighted by atomic mass is 10.1. The molecule has 2 amide bonds. The third-order valence-electron chi connectivity index (χ3n) is 4.43. The first-order chi connectivity index (χ1) is 12.1. The normalized spacial score (nSPS) is 19.4. The third-order valence-corrected chi connectivity index (χ3v) is 4.43. The molecular formula is C18H15FN2O4. The molecule has 4 rings (SSSR count). The van der Waals surface area contributed by atoms with Crippen molar-refractivity contribution in [3.05, 3.63) is 59.4 Å². The minimum Gasteiger partial charge on any atom is -0.441 e. The fourth-order valence-corrected chi connectivity index (χ4v) is 3.16. The van der Waals surface area contributed by atoms with Crippen LogP contribution in [0, 0.1) is 5.82 Å². The number of benzene rings is 2. The standard InChI is InChI=1S/C18H15FN2O4/c19-15-7-12(20-9-13(10-22)25-18(20)24)5-6-16(15)21-8-11-3-1-2-4-14(11)17(21)23/h1-7,13,22H,8-10H2/t13-/m1/s1. The summed E-state index contributed by atoms with van der Waals surface area (Å²) in [7, 11) is 0. The first-order valence-electron chi connectivity index (χ1n) is 7.87. The SMILES string of the molecule is O=C1O[C@@H](CO)CN1c1ccc(N2Cc3ccccc3C2=O)c(F)c1. The summed E-state index contributed by atoms with van der Waals surface area (Å²) in [5.41, 5.74) is 1.91. The molecule has 2 aromatic rings. The summed E-state index contributed by atoms with van der Waals surface area (Å²) in [5.74, 6) is -0.845. The number of carbonyl (C=O) groups excluding carboxylic acids is 2. The molecule has 2 aliphatic heterocycles. The number of halogens is 1. The van der Waals surface area contributed by atoms with Crippen molar-refractivity contribution in [1.82, 2.24) is 0 Å². The van der Waals surface area contributed by atoms with Gasteiger partial charge in [0.25, 0.3) is 5.91 Å². The molecule has 1 N–H and O–H groups in total. The van der Waals surface area contributed by atoms with Crippen LogP contribution in [0.15, 0.2) is 42.5 Å². The number of hydrogen-bond donors (Lipinski definition) is 1. The van der Waals surface area contributed by atoms with Crippen molar-refractivity contribution in [3.63, 3.8) is 0 Å². The lowest BCUT2D eigenvalue weighted by molar-refractivity contribution is 0.0962. The van der Waals surface area contributed by atoms with Crippen molar-refractivity contribution >= 4 is 23.4 Å². The van der Waals surface area contributed by atoms with Gasteiger partial charge in [-0.15, -0.1) is 0 Å². The van der Waals surface area contributed by atoms with Gasteiger partial charge in [0, 0.05) is 5.56 Å². The van der Waals surface area contributed by atoms with Crippen LogP contribution in [0.2, 0.25) is 0 Å². The van der Waals surface area contributed by atoms with E-state index in [1.54, 1.807) is 18.2 Å². The van der Waals surface area contributed by atoms with Crippen LogP contribution in [0.3, 0.4) is 0 Å². The van der Waals surface area contributed by atoms with Crippen molar-refractivity contribution in [1.29, 1.82) is 0 Å². The molecule has 2 aromatic carbocycles. The minimum atomic E-state index is -0.629. The Morgan fingerprint density at radius 1 is 1.16 bits per heavy atom. The van der Waals surface area contributed by atoms with Crippen molar-refractivity contribution in [3.8, 4) is 0 Å². The molecule has 2 heterocycles. The summed E-state index contributed by atoms with van der Waals surface area (Å²) < 4.78 is 19.6. The van der Waals surface area contributed by atoms with Crippen LogP contribution >= 0.6 is 0 Å². The maximum absolute atomic E-state index is 14.6. The van der Waals surface area contributed by atoms with Crippen LogP contribution < -0.4 is 9.80 Å². The molecule has 25 heavy (non-hydrogen) atoms. The maximum Gasteiger partial charge on any atom is 0.414 e. The highest BCUT2D eigenvalue weighted by Crippen LogP contribution is 2.33. The largest absolute Gasteiger partial charge is 0.441 e. The Labute approximate surface area is 143 Å². The Morgan fingerprint density at radius 3 is 2.64 bits per heavy atom. The monoisotopic (exact) mass is 342 g/mol. The zero-order valence-electron chi connectivity index (χ0n) is 13.2. The van der Waals surface area contributed by atoms with Gasteiger partial charge in [-0.1, -0.05) is 18.2 Å². The number of cyclic esters (lactones) is 1. The van der Waals surface area contributed by atoms with E-state index in [0.29, 0.717) is 17.8 Å². The van der Waals surface area contributed by atoms with Crippen molar-refractivity contribution < 1.29 is 23.8 Å². The number of ether oxygens (including phenoxy) is 1. The number of aliphatic hydroxyl groups excluding tert-OH is 1. The molecule has 7 heteroatoms. The van der Waals surface area contributed by atoms with Crippen molar-refractivity contribution in [2.24, 2.45) is 0 Å². The summed E-state index contributed by atoms with van der Waals surface area (Å²) in [6.45, 7) is 0.176. The van der Waals surface area contributed by atoms with Crippen LogP contribution in [0.25, 0.3) is 0 Å². The number of anilines is 2. The average molecular weight is 342 g/mol. The summed E-state index contributed by atoms with van der Waals surface area (Å²) in [5, 5.41) is 9.08. The fourth-order valence-electron chi connectivity index (χ4n) is 3.16. The Hall–Kier alpha value is -2.93. The van der Waals surface area contributed by atoms with Crippen molar-refractivity contribution in [2.45, 2.75) is 12.6 Å². The molecule has 128 valence electrons. The van der Waals surface area contributed by atoms with Gasteiger partial charge in [0.15, 0.2) is 0 Å². The maximum atomic E-state index is 14.6. The second kappa shape index (κ2) is 5.86. The molecule has 0 aromatic heterocycles.